The minimum atomic E-state index is 0.141. The Morgan fingerprint density at radius 1 is 1.17 bits per heavy atom. The normalized spacial score (nSPS) is 13.3. The second-order valence-electron chi connectivity index (χ2n) is 5.43. The van der Waals surface area contributed by atoms with Gasteiger partial charge < -0.3 is 5.73 Å². The SMILES string of the molecule is CCc1nn(CCC(C)C)c(CC)c1C(N)CC. The minimum Gasteiger partial charge on any atom is -0.324 e. The summed E-state index contributed by atoms with van der Waals surface area (Å²) in [6.07, 6.45) is 4.16. The Balaban J connectivity index is 3.07. The topological polar surface area (TPSA) is 43.8 Å². The van der Waals surface area contributed by atoms with Crippen LogP contribution in [-0.2, 0) is 19.4 Å². The lowest BCUT2D eigenvalue weighted by atomic mass is 10.00. The predicted octanol–water partition coefficient (Wildman–Crippen LogP) is 3.46. The first-order valence-corrected chi connectivity index (χ1v) is 7.39. The van der Waals surface area contributed by atoms with Crippen LogP contribution >= 0.6 is 0 Å². The smallest absolute Gasteiger partial charge is 0.0672 e. The van der Waals surface area contributed by atoms with Crippen LogP contribution in [0.3, 0.4) is 0 Å². The van der Waals surface area contributed by atoms with Gasteiger partial charge in [-0.05, 0) is 31.6 Å². The highest BCUT2D eigenvalue weighted by Gasteiger charge is 2.19. The molecular weight excluding hydrogens is 222 g/mol. The van der Waals surface area contributed by atoms with Gasteiger partial charge in [-0.15, -0.1) is 0 Å². The first-order valence-electron chi connectivity index (χ1n) is 7.39. The van der Waals surface area contributed by atoms with Gasteiger partial charge in [0.2, 0.25) is 0 Å². The van der Waals surface area contributed by atoms with Crippen molar-refractivity contribution in [1.82, 2.24) is 9.78 Å². The molecule has 3 heteroatoms. The maximum atomic E-state index is 6.26. The molecular formula is C15H29N3. The van der Waals surface area contributed by atoms with Crippen LogP contribution in [0.2, 0.25) is 0 Å². The van der Waals surface area contributed by atoms with E-state index in [4.69, 9.17) is 10.8 Å². The fourth-order valence-electron chi connectivity index (χ4n) is 2.40. The van der Waals surface area contributed by atoms with Crippen LogP contribution in [-0.4, -0.2) is 9.78 Å². The Kier molecular flexibility index (Phi) is 5.86. The summed E-state index contributed by atoms with van der Waals surface area (Å²) in [7, 11) is 0. The molecule has 3 nitrogen and oxygen atoms in total. The van der Waals surface area contributed by atoms with E-state index >= 15 is 0 Å². The Bertz CT molecular complexity index is 366. The molecule has 1 atom stereocenters. The lowest BCUT2D eigenvalue weighted by Crippen LogP contribution is -2.13. The van der Waals surface area contributed by atoms with E-state index in [-0.39, 0.29) is 6.04 Å². The van der Waals surface area contributed by atoms with Gasteiger partial charge in [0.05, 0.1) is 5.69 Å². The summed E-state index contributed by atoms with van der Waals surface area (Å²) in [4.78, 5) is 0. The van der Waals surface area contributed by atoms with Gasteiger partial charge in [-0.2, -0.15) is 5.10 Å². The molecule has 0 fully saturated rings. The van der Waals surface area contributed by atoms with E-state index in [1.54, 1.807) is 0 Å². The van der Waals surface area contributed by atoms with Crippen molar-refractivity contribution in [2.24, 2.45) is 11.7 Å². The lowest BCUT2D eigenvalue weighted by molar-refractivity contribution is 0.473. The molecule has 1 rings (SSSR count). The van der Waals surface area contributed by atoms with E-state index in [0.29, 0.717) is 5.92 Å². The fourth-order valence-corrected chi connectivity index (χ4v) is 2.40. The number of nitrogens with two attached hydrogens (primary N) is 1. The van der Waals surface area contributed by atoms with E-state index in [0.717, 1.165) is 25.8 Å². The third kappa shape index (κ3) is 3.35. The van der Waals surface area contributed by atoms with Crippen molar-refractivity contribution in [2.45, 2.75) is 72.9 Å². The Morgan fingerprint density at radius 2 is 1.83 bits per heavy atom. The summed E-state index contributed by atoms with van der Waals surface area (Å²) >= 11 is 0. The van der Waals surface area contributed by atoms with E-state index in [2.05, 4.69) is 39.3 Å². The van der Waals surface area contributed by atoms with Crippen LogP contribution in [0.25, 0.3) is 0 Å². The van der Waals surface area contributed by atoms with Crippen molar-refractivity contribution in [3.8, 4) is 0 Å². The predicted molar refractivity (Wildman–Crippen MR) is 77.7 cm³/mol. The highest BCUT2D eigenvalue weighted by Crippen LogP contribution is 2.24. The second kappa shape index (κ2) is 6.93. The summed E-state index contributed by atoms with van der Waals surface area (Å²) < 4.78 is 2.20. The molecule has 1 unspecified atom stereocenters. The zero-order valence-corrected chi connectivity index (χ0v) is 12.7. The van der Waals surface area contributed by atoms with Gasteiger partial charge in [-0.25, -0.2) is 0 Å². The first kappa shape index (κ1) is 15.2. The molecule has 1 aromatic heterocycles. The maximum Gasteiger partial charge on any atom is 0.0672 e. The molecule has 0 aliphatic rings. The average molecular weight is 251 g/mol. The van der Waals surface area contributed by atoms with Gasteiger partial charge >= 0.3 is 0 Å². The zero-order valence-electron chi connectivity index (χ0n) is 12.7. The molecule has 0 bridgehead atoms. The molecule has 0 aliphatic heterocycles. The average Bonchev–Trinajstić information content (AvgIpc) is 2.72. The summed E-state index contributed by atoms with van der Waals surface area (Å²) in [6.45, 7) is 12.1. The molecule has 0 saturated heterocycles. The Hall–Kier alpha value is -0.830. The summed E-state index contributed by atoms with van der Waals surface area (Å²) in [5, 5.41) is 4.78. The van der Waals surface area contributed by atoms with Crippen molar-refractivity contribution in [1.29, 1.82) is 0 Å². The molecule has 0 aliphatic carbocycles. The number of hydrogen-bond donors (Lipinski definition) is 1. The summed E-state index contributed by atoms with van der Waals surface area (Å²) in [6, 6.07) is 0.141. The van der Waals surface area contributed by atoms with E-state index in [1.165, 1.54) is 23.4 Å². The number of nitrogens with zero attached hydrogens (tertiary/aromatic N) is 2. The Labute approximate surface area is 112 Å². The minimum absolute atomic E-state index is 0.141. The van der Waals surface area contributed by atoms with Crippen LogP contribution in [0.15, 0.2) is 0 Å². The number of hydrogen-bond acceptors (Lipinski definition) is 2. The molecule has 1 aromatic rings. The zero-order chi connectivity index (χ0) is 13.7. The van der Waals surface area contributed by atoms with Gasteiger partial charge in [0, 0.05) is 23.8 Å². The number of rotatable bonds is 7. The fraction of sp³-hybridized carbons (Fsp3) is 0.800. The van der Waals surface area contributed by atoms with Crippen LogP contribution < -0.4 is 5.73 Å². The van der Waals surface area contributed by atoms with Crippen molar-refractivity contribution in [3.63, 3.8) is 0 Å². The van der Waals surface area contributed by atoms with Gasteiger partial charge in [0.1, 0.15) is 0 Å². The lowest BCUT2D eigenvalue weighted by Gasteiger charge is -2.13. The van der Waals surface area contributed by atoms with Crippen molar-refractivity contribution in [3.05, 3.63) is 17.0 Å². The van der Waals surface area contributed by atoms with Gasteiger partial charge in [0.15, 0.2) is 0 Å². The molecule has 104 valence electrons. The first-order chi connectivity index (χ1) is 8.54. The van der Waals surface area contributed by atoms with Gasteiger partial charge in [-0.3, -0.25) is 4.68 Å². The monoisotopic (exact) mass is 251 g/mol. The van der Waals surface area contributed by atoms with E-state index < -0.39 is 0 Å². The largest absolute Gasteiger partial charge is 0.324 e. The number of aromatic nitrogens is 2. The van der Waals surface area contributed by atoms with Crippen molar-refractivity contribution < 1.29 is 0 Å². The molecule has 0 saturated carbocycles. The number of aryl methyl sites for hydroxylation is 2. The third-order valence-electron chi connectivity index (χ3n) is 3.57. The van der Waals surface area contributed by atoms with E-state index in [1.807, 2.05) is 0 Å². The van der Waals surface area contributed by atoms with Crippen molar-refractivity contribution >= 4 is 0 Å². The molecule has 0 radical (unpaired) electrons. The third-order valence-corrected chi connectivity index (χ3v) is 3.57. The highest BCUT2D eigenvalue weighted by molar-refractivity contribution is 5.30. The maximum absolute atomic E-state index is 6.26. The molecule has 2 N–H and O–H groups in total. The second-order valence-corrected chi connectivity index (χ2v) is 5.43. The van der Waals surface area contributed by atoms with Gasteiger partial charge in [0.25, 0.3) is 0 Å². The summed E-state index contributed by atoms with van der Waals surface area (Å²) in [5.74, 6) is 0.715. The molecule has 18 heavy (non-hydrogen) atoms. The van der Waals surface area contributed by atoms with Crippen LogP contribution in [0.1, 0.15) is 70.5 Å². The van der Waals surface area contributed by atoms with E-state index in [9.17, 15) is 0 Å². The molecule has 0 amide bonds. The van der Waals surface area contributed by atoms with Crippen LogP contribution in [0.5, 0.6) is 0 Å². The Morgan fingerprint density at radius 3 is 2.28 bits per heavy atom. The molecule has 0 spiro atoms. The standard InChI is InChI=1S/C15H29N3/c1-6-12(16)15-13(7-2)17-18(14(15)8-3)10-9-11(4)5/h11-12H,6-10,16H2,1-5H3. The van der Waals surface area contributed by atoms with Crippen LogP contribution in [0.4, 0.5) is 0 Å². The quantitative estimate of drug-likeness (QED) is 0.806. The van der Waals surface area contributed by atoms with Crippen LogP contribution in [0, 0.1) is 5.92 Å². The molecule has 0 aromatic carbocycles. The highest BCUT2D eigenvalue weighted by atomic mass is 15.3. The van der Waals surface area contributed by atoms with Crippen molar-refractivity contribution in [2.75, 3.05) is 0 Å². The van der Waals surface area contributed by atoms with Gasteiger partial charge in [-0.1, -0.05) is 34.6 Å². The summed E-state index contributed by atoms with van der Waals surface area (Å²) in [5.41, 5.74) is 10.1. The molecule has 1 heterocycles.